The Balaban J connectivity index is 1.84. The van der Waals surface area contributed by atoms with Crippen LogP contribution in [0.2, 0.25) is 0 Å². The Morgan fingerprint density at radius 3 is 2.35 bits per heavy atom. The second-order valence-electron chi connectivity index (χ2n) is 5.54. The molecule has 2 amide bonds. The lowest BCUT2D eigenvalue weighted by Crippen LogP contribution is -2.44. The number of nitrogens with one attached hydrogen (secondary N) is 2. The van der Waals surface area contributed by atoms with Gasteiger partial charge in [0.2, 0.25) is 0 Å². The molecule has 1 fully saturated rings. The first kappa shape index (κ1) is 17.2. The Morgan fingerprint density at radius 2 is 1.74 bits per heavy atom. The van der Waals surface area contributed by atoms with Crippen molar-refractivity contribution in [2.75, 3.05) is 63.7 Å². The standard InChI is InChI=1S/C16H24N4O3/c1-19-8-10-20(11-9-19)14-5-3-13(4-6-14)18-16(22)15(21)17-7-12-23-2/h3-6H,7-12H2,1-2H3,(H,17,21)(H,18,22). The van der Waals surface area contributed by atoms with Crippen LogP contribution in [0.1, 0.15) is 0 Å². The first-order chi connectivity index (χ1) is 11.1. The molecule has 2 rings (SSSR count). The predicted molar refractivity (Wildman–Crippen MR) is 89.7 cm³/mol. The van der Waals surface area contributed by atoms with Crippen molar-refractivity contribution in [3.63, 3.8) is 0 Å². The zero-order valence-corrected chi connectivity index (χ0v) is 13.7. The third kappa shape index (κ3) is 5.22. The summed E-state index contributed by atoms with van der Waals surface area (Å²) < 4.78 is 4.81. The van der Waals surface area contributed by atoms with Crippen LogP contribution >= 0.6 is 0 Å². The summed E-state index contributed by atoms with van der Waals surface area (Å²) >= 11 is 0. The monoisotopic (exact) mass is 320 g/mol. The zero-order valence-electron chi connectivity index (χ0n) is 13.7. The molecule has 0 unspecified atom stereocenters. The molecule has 126 valence electrons. The molecule has 0 bridgehead atoms. The molecule has 0 radical (unpaired) electrons. The Bertz CT molecular complexity index is 525. The van der Waals surface area contributed by atoms with E-state index in [1.165, 1.54) is 7.11 Å². The minimum absolute atomic E-state index is 0.311. The molecular weight excluding hydrogens is 296 g/mol. The summed E-state index contributed by atoms with van der Waals surface area (Å²) in [6.45, 7) is 4.75. The van der Waals surface area contributed by atoms with Crippen LogP contribution in [-0.2, 0) is 14.3 Å². The molecule has 1 aromatic rings. The molecule has 7 heteroatoms. The van der Waals surface area contributed by atoms with Crippen molar-refractivity contribution < 1.29 is 14.3 Å². The molecule has 0 spiro atoms. The molecule has 1 aromatic carbocycles. The molecule has 1 aliphatic heterocycles. The van der Waals surface area contributed by atoms with Crippen molar-refractivity contribution in [1.82, 2.24) is 10.2 Å². The van der Waals surface area contributed by atoms with Crippen LogP contribution in [0.25, 0.3) is 0 Å². The summed E-state index contributed by atoms with van der Waals surface area (Å²) in [5.74, 6) is -1.33. The molecule has 0 aliphatic carbocycles. The number of benzene rings is 1. The number of methoxy groups -OCH3 is 1. The fourth-order valence-electron chi connectivity index (χ4n) is 2.35. The van der Waals surface area contributed by atoms with Gasteiger partial charge in [0, 0.05) is 51.2 Å². The highest BCUT2D eigenvalue weighted by Gasteiger charge is 2.15. The van der Waals surface area contributed by atoms with Crippen LogP contribution in [0.3, 0.4) is 0 Å². The predicted octanol–water partition coefficient (Wildman–Crippen LogP) is 0.140. The molecule has 1 saturated heterocycles. The molecule has 2 N–H and O–H groups in total. The summed E-state index contributed by atoms with van der Waals surface area (Å²) in [5, 5.41) is 5.07. The second-order valence-corrected chi connectivity index (χ2v) is 5.54. The summed E-state index contributed by atoms with van der Waals surface area (Å²) in [6.07, 6.45) is 0. The molecule has 23 heavy (non-hydrogen) atoms. The highest BCUT2D eigenvalue weighted by molar-refractivity contribution is 6.39. The lowest BCUT2D eigenvalue weighted by Gasteiger charge is -2.34. The van der Waals surface area contributed by atoms with Crippen molar-refractivity contribution >= 4 is 23.2 Å². The van der Waals surface area contributed by atoms with Crippen LogP contribution in [0.5, 0.6) is 0 Å². The van der Waals surface area contributed by atoms with E-state index in [1.807, 2.05) is 24.3 Å². The van der Waals surface area contributed by atoms with E-state index in [0.29, 0.717) is 18.8 Å². The molecule has 1 heterocycles. The van der Waals surface area contributed by atoms with Gasteiger partial charge in [0.15, 0.2) is 0 Å². The van der Waals surface area contributed by atoms with Crippen molar-refractivity contribution in [2.45, 2.75) is 0 Å². The van der Waals surface area contributed by atoms with Crippen molar-refractivity contribution in [1.29, 1.82) is 0 Å². The van der Waals surface area contributed by atoms with Crippen molar-refractivity contribution in [2.24, 2.45) is 0 Å². The number of hydrogen-bond donors (Lipinski definition) is 2. The largest absolute Gasteiger partial charge is 0.383 e. The smallest absolute Gasteiger partial charge is 0.313 e. The summed E-state index contributed by atoms with van der Waals surface area (Å²) in [6, 6.07) is 7.55. The topological polar surface area (TPSA) is 73.9 Å². The van der Waals surface area contributed by atoms with Gasteiger partial charge in [0.1, 0.15) is 0 Å². The SMILES string of the molecule is COCCNC(=O)C(=O)Nc1ccc(N2CCN(C)CC2)cc1. The Kier molecular flexibility index (Phi) is 6.37. The lowest BCUT2D eigenvalue weighted by molar-refractivity contribution is -0.136. The number of piperazine rings is 1. The van der Waals surface area contributed by atoms with Gasteiger partial charge in [-0.05, 0) is 31.3 Å². The van der Waals surface area contributed by atoms with Crippen LogP contribution in [0.4, 0.5) is 11.4 Å². The highest BCUT2D eigenvalue weighted by atomic mass is 16.5. The van der Waals surface area contributed by atoms with Crippen LogP contribution in [-0.4, -0.2) is 70.2 Å². The maximum absolute atomic E-state index is 11.7. The van der Waals surface area contributed by atoms with Gasteiger partial charge >= 0.3 is 11.8 Å². The van der Waals surface area contributed by atoms with E-state index in [0.717, 1.165) is 31.9 Å². The van der Waals surface area contributed by atoms with Gasteiger partial charge in [0.05, 0.1) is 6.61 Å². The Hall–Kier alpha value is -2.12. The quantitative estimate of drug-likeness (QED) is 0.596. The Morgan fingerprint density at radius 1 is 1.09 bits per heavy atom. The highest BCUT2D eigenvalue weighted by Crippen LogP contribution is 2.19. The number of amides is 2. The first-order valence-corrected chi connectivity index (χ1v) is 7.72. The maximum Gasteiger partial charge on any atom is 0.313 e. The molecule has 0 aromatic heterocycles. The number of carbonyl (C=O) groups excluding carboxylic acids is 2. The van der Waals surface area contributed by atoms with E-state index < -0.39 is 11.8 Å². The number of rotatable bonds is 5. The summed E-state index contributed by atoms with van der Waals surface area (Å²) in [7, 11) is 3.65. The second kappa shape index (κ2) is 8.50. The van der Waals surface area contributed by atoms with Crippen molar-refractivity contribution in [3.8, 4) is 0 Å². The van der Waals surface area contributed by atoms with Gasteiger partial charge in [-0.15, -0.1) is 0 Å². The average Bonchev–Trinajstić information content (AvgIpc) is 2.56. The third-order valence-corrected chi connectivity index (χ3v) is 3.79. The van der Waals surface area contributed by atoms with Gasteiger partial charge < -0.3 is 25.2 Å². The lowest BCUT2D eigenvalue weighted by atomic mass is 10.2. The first-order valence-electron chi connectivity index (χ1n) is 7.72. The van der Waals surface area contributed by atoms with Crippen LogP contribution < -0.4 is 15.5 Å². The van der Waals surface area contributed by atoms with Gasteiger partial charge in [-0.1, -0.05) is 0 Å². The van der Waals surface area contributed by atoms with E-state index in [1.54, 1.807) is 0 Å². The third-order valence-electron chi connectivity index (χ3n) is 3.79. The van der Waals surface area contributed by atoms with Gasteiger partial charge in [-0.3, -0.25) is 9.59 Å². The number of ether oxygens (including phenoxy) is 1. The number of hydrogen-bond acceptors (Lipinski definition) is 5. The van der Waals surface area contributed by atoms with Crippen LogP contribution in [0, 0.1) is 0 Å². The fraction of sp³-hybridized carbons (Fsp3) is 0.500. The fourth-order valence-corrected chi connectivity index (χ4v) is 2.35. The summed E-state index contributed by atoms with van der Waals surface area (Å²) in [5.41, 5.74) is 1.73. The van der Waals surface area contributed by atoms with Gasteiger partial charge in [-0.2, -0.15) is 0 Å². The Labute approximate surface area is 136 Å². The van der Waals surface area contributed by atoms with E-state index >= 15 is 0 Å². The zero-order chi connectivity index (χ0) is 16.7. The molecule has 0 atom stereocenters. The number of nitrogens with zero attached hydrogens (tertiary/aromatic N) is 2. The van der Waals surface area contributed by atoms with Crippen molar-refractivity contribution in [3.05, 3.63) is 24.3 Å². The van der Waals surface area contributed by atoms with E-state index in [4.69, 9.17) is 4.74 Å². The number of carbonyl (C=O) groups is 2. The maximum atomic E-state index is 11.7. The molecular formula is C16H24N4O3. The average molecular weight is 320 g/mol. The van der Waals surface area contributed by atoms with Gasteiger partial charge in [-0.25, -0.2) is 0 Å². The number of anilines is 2. The molecule has 1 aliphatic rings. The molecule has 7 nitrogen and oxygen atoms in total. The normalized spacial score (nSPS) is 15.3. The van der Waals surface area contributed by atoms with Gasteiger partial charge in [0.25, 0.3) is 0 Å². The number of likely N-dealkylation sites (N-methyl/N-ethyl adjacent to an activating group) is 1. The van der Waals surface area contributed by atoms with E-state index in [-0.39, 0.29) is 0 Å². The molecule has 0 saturated carbocycles. The van der Waals surface area contributed by atoms with Crippen LogP contribution in [0.15, 0.2) is 24.3 Å². The van der Waals surface area contributed by atoms with E-state index in [9.17, 15) is 9.59 Å². The van der Waals surface area contributed by atoms with E-state index in [2.05, 4.69) is 27.5 Å². The minimum atomic E-state index is -0.673. The minimum Gasteiger partial charge on any atom is -0.383 e. The summed E-state index contributed by atoms with van der Waals surface area (Å²) in [4.78, 5) is 27.9.